The lowest BCUT2D eigenvalue weighted by molar-refractivity contribution is 0.284. The van der Waals surface area contributed by atoms with Crippen LogP contribution < -0.4 is 9.47 Å². The highest BCUT2D eigenvalue weighted by molar-refractivity contribution is 7.95. The van der Waals surface area contributed by atoms with Crippen LogP contribution in [0.2, 0.25) is 0 Å². The van der Waals surface area contributed by atoms with Crippen molar-refractivity contribution in [1.29, 1.82) is 5.26 Å². The number of nitriles is 1. The molecule has 0 aliphatic carbocycles. The van der Waals surface area contributed by atoms with Crippen molar-refractivity contribution in [3.63, 3.8) is 0 Å². The molecular weight excluding hydrogens is 434 g/mol. The average Bonchev–Trinajstić information content (AvgIpc) is 2.79. The topological polar surface area (TPSA) is 76.4 Å². The van der Waals surface area contributed by atoms with Gasteiger partial charge in [0.25, 0.3) is 0 Å². The van der Waals surface area contributed by atoms with Crippen LogP contribution >= 0.6 is 0 Å². The number of rotatable bonds is 7. The molecule has 3 aromatic carbocycles. The van der Waals surface area contributed by atoms with E-state index in [0.29, 0.717) is 23.7 Å². The molecule has 0 heterocycles. The minimum atomic E-state index is -3.93. The van der Waals surface area contributed by atoms with Crippen molar-refractivity contribution >= 4 is 15.9 Å². The van der Waals surface area contributed by atoms with Gasteiger partial charge in [-0.05, 0) is 85.9 Å². The Kier molecular flexibility index (Phi) is 7.25. The van der Waals surface area contributed by atoms with Crippen LogP contribution in [0.15, 0.2) is 64.4 Å². The van der Waals surface area contributed by atoms with Crippen LogP contribution in [0.1, 0.15) is 33.4 Å². The largest absolute Gasteiger partial charge is 0.493 e. The van der Waals surface area contributed by atoms with Gasteiger partial charge < -0.3 is 9.47 Å². The van der Waals surface area contributed by atoms with E-state index >= 15 is 0 Å². The Labute approximate surface area is 195 Å². The highest BCUT2D eigenvalue weighted by Crippen LogP contribution is 2.31. The molecule has 0 fully saturated rings. The third kappa shape index (κ3) is 5.44. The highest BCUT2D eigenvalue weighted by atomic mass is 32.2. The van der Waals surface area contributed by atoms with Crippen molar-refractivity contribution < 1.29 is 17.9 Å². The van der Waals surface area contributed by atoms with E-state index in [9.17, 15) is 13.7 Å². The second-order valence-electron chi connectivity index (χ2n) is 8.00. The first-order chi connectivity index (χ1) is 15.6. The molecule has 0 N–H and O–H groups in total. The van der Waals surface area contributed by atoms with Gasteiger partial charge in [0.05, 0.1) is 12.0 Å². The molecule has 0 atom stereocenters. The second kappa shape index (κ2) is 9.93. The Balaban J connectivity index is 1.88. The Morgan fingerprint density at radius 3 is 2.21 bits per heavy atom. The number of hydrogen-bond donors (Lipinski definition) is 0. The van der Waals surface area contributed by atoms with Gasteiger partial charge in [0.1, 0.15) is 17.6 Å². The SMILES string of the molecule is COc1cc(C=C(C#N)S(=O)(=O)c2ccc(C)cc2)ccc1OCc1cc(C)c(C)cc1C. The van der Waals surface area contributed by atoms with Crippen molar-refractivity contribution in [1.82, 2.24) is 0 Å². The summed E-state index contributed by atoms with van der Waals surface area (Å²) in [5.41, 5.74) is 6.13. The summed E-state index contributed by atoms with van der Waals surface area (Å²) >= 11 is 0. The van der Waals surface area contributed by atoms with Gasteiger partial charge in [-0.15, -0.1) is 0 Å². The Morgan fingerprint density at radius 2 is 1.58 bits per heavy atom. The summed E-state index contributed by atoms with van der Waals surface area (Å²) in [4.78, 5) is -0.260. The first-order valence-corrected chi connectivity index (χ1v) is 11.9. The zero-order chi connectivity index (χ0) is 24.2. The fourth-order valence-corrected chi connectivity index (χ4v) is 4.55. The molecule has 0 radical (unpaired) electrons. The number of hydrogen-bond acceptors (Lipinski definition) is 5. The summed E-state index contributed by atoms with van der Waals surface area (Å²) in [5.74, 6) is 0.988. The molecule has 0 saturated heterocycles. The fourth-order valence-electron chi connectivity index (χ4n) is 3.39. The van der Waals surface area contributed by atoms with Crippen LogP contribution in [-0.4, -0.2) is 15.5 Å². The van der Waals surface area contributed by atoms with Crippen molar-refractivity contribution in [3.05, 3.63) is 92.9 Å². The summed E-state index contributed by atoms with van der Waals surface area (Å²) in [6, 6.07) is 17.6. The van der Waals surface area contributed by atoms with Crippen LogP contribution in [0.5, 0.6) is 11.5 Å². The maximum atomic E-state index is 12.9. The highest BCUT2D eigenvalue weighted by Gasteiger charge is 2.21. The van der Waals surface area contributed by atoms with Crippen LogP contribution in [0.25, 0.3) is 6.08 Å². The van der Waals surface area contributed by atoms with Crippen LogP contribution in [-0.2, 0) is 16.4 Å². The molecule has 0 bridgehead atoms. The first kappa shape index (κ1) is 24.1. The number of ether oxygens (including phenoxy) is 2. The third-order valence-corrected chi connectivity index (χ3v) is 7.23. The van der Waals surface area contributed by atoms with Crippen molar-refractivity contribution in [3.8, 4) is 17.6 Å². The molecule has 0 amide bonds. The zero-order valence-electron chi connectivity index (χ0n) is 19.5. The molecule has 170 valence electrons. The summed E-state index contributed by atoms with van der Waals surface area (Å²) < 4.78 is 37.2. The minimum Gasteiger partial charge on any atom is -0.493 e. The number of nitrogens with zero attached hydrogens (tertiary/aromatic N) is 1. The molecule has 33 heavy (non-hydrogen) atoms. The van der Waals surface area contributed by atoms with Gasteiger partial charge in [-0.25, -0.2) is 8.42 Å². The molecule has 6 heteroatoms. The van der Waals surface area contributed by atoms with Crippen molar-refractivity contribution in [2.24, 2.45) is 0 Å². The van der Waals surface area contributed by atoms with E-state index in [-0.39, 0.29) is 9.80 Å². The van der Waals surface area contributed by atoms with Gasteiger partial charge >= 0.3 is 0 Å². The van der Waals surface area contributed by atoms with E-state index in [0.717, 1.165) is 16.7 Å². The Hall–Kier alpha value is -3.56. The van der Waals surface area contributed by atoms with Crippen molar-refractivity contribution in [2.45, 2.75) is 39.2 Å². The van der Waals surface area contributed by atoms with Gasteiger partial charge in [-0.1, -0.05) is 35.9 Å². The van der Waals surface area contributed by atoms with E-state index in [1.807, 2.05) is 19.9 Å². The molecule has 0 saturated carbocycles. The fraction of sp³-hybridized carbons (Fsp3) is 0.222. The maximum absolute atomic E-state index is 12.9. The maximum Gasteiger partial charge on any atom is 0.216 e. The lowest BCUT2D eigenvalue weighted by Crippen LogP contribution is -2.04. The molecule has 5 nitrogen and oxygen atoms in total. The minimum absolute atomic E-state index is 0.0802. The monoisotopic (exact) mass is 461 g/mol. The lowest BCUT2D eigenvalue weighted by Gasteiger charge is -2.14. The summed E-state index contributed by atoms with van der Waals surface area (Å²) in [6.07, 6.45) is 1.34. The van der Waals surface area contributed by atoms with E-state index in [2.05, 4.69) is 26.0 Å². The molecule has 3 aromatic rings. The second-order valence-corrected chi connectivity index (χ2v) is 9.92. The first-order valence-electron chi connectivity index (χ1n) is 10.5. The van der Waals surface area contributed by atoms with Gasteiger partial charge in [0.15, 0.2) is 11.5 Å². The van der Waals surface area contributed by atoms with Gasteiger partial charge in [-0.3, -0.25) is 0 Å². The van der Waals surface area contributed by atoms with E-state index in [1.54, 1.807) is 30.3 Å². The predicted molar refractivity (Wildman–Crippen MR) is 130 cm³/mol. The van der Waals surface area contributed by atoms with Crippen LogP contribution in [0.4, 0.5) is 0 Å². The number of benzene rings is 3. The quantitative estimate of drug-likeness (QED) is 0.413. The molecule has 0 unspecified atom stereocenters. The summed E-state index contributed by atoms with van der Waals surface area (Å²) in [6.45, 7) is 8.45. The smallest absolute Gasteiger partial charge is 0.216 e. The van der Waals surface area contributed by atoms with Crippen LogP contribution in [0.3, 0.4) is 0 Å². The van der Waals surface area contributed by atoms with Crippen LogP contribution in [0, 0.1) is 39.0 Å². The normalized spacial score (nSPS) is 11.7. The van der Waals surface area contributed by atoms with E-state index in [4.69, 9.17) is 9.47 Å². The number of methoxy groups -OCH3 is 1. The molecular formula is C27H27NO4S. The zero-order valence-corrected chi connectivity index (χ0v) is 20.3. The molecule has 3 rings (SSSR count). The third-order valence-electron chi connectivity index (χ3n) is 5.55. The molecule has 0 aromatic heterocycles. The molecule has 0 spiro atoms. The average molecular weight is 462 g/mol. The predicted octanol–water partition coefficient (Wildman–Crippen LogP) is 5.85. The van der Waals surface area contributed by atoms with E-state index < -0.39 is 9.84 Å². The Morgan fingerprint density at radius 1 is 0.909 bits per heavy atom. The van der Waals surface area contributed by atoms with Gasteiger partial charge in [0, 0.05) is 0 Å². The standard InChI is InChI=1S/C27H27NO4S/c1-18-6-9-24(10-7-18)33(29,30)25(16-28)14-22-8-11-26(27(15-22)31-5)32-17-23-13-20(3)19(2)12-21(23)4/h6-15H,17H2,1-5H3. The molecule has 0 aliphatic heterocycles. The molecule has 0 aliphatic rings. The number of sulfone groups is 1. The number of aryl methyl sites for hydroxylation is 4. The number of allylic oxidation sites excluding steroid dienone is 1. The Bertz CT molecular complexity index is 1350. The van der Waals surface area contributed by atoms with Crippen molar-refractivity contribution in [2.75, 3.05) is 7.11 Å². The summed E-state index contributed by atoms with van der Waals surface area (Å²) in [7, 11) is -2.41. The van der Waals surface area contributed by atoms with Gasteiger partial charge in [0.2, 0.25) is 9.84 Å². The summed E-state index contributed by atoms with van der Waals surface area (Å²) in [5, 5.41) is 9.54. The van der Waals surface area contributed by atoms with E-state index in [1.165, 1.54) is 36.4 Å². The van der Waals surface area contributed by atoms with Gasteiger partial charge in [-0.2, -0.15) is 5.26 Å². The lowest BCUT2D eigenvalue weighted by atomic mass is 10.0.